The van der Waals surface area contributed by atoms with Crippen LogP contribution in [0.25, 0.3) is 0 Å². The van der Waals surface area contributed by atoms with E-state index in [1.54, 1.807) is 26.0 Å². The molecule has 1 heterocycles. The molecule has 3 rings (SSSR count). The van der Waals surface area contributed by atoms with Gasteiger partial charge < -0.3 is 28.4 Å². The van der Waals surface area contributed by atoms with Crippen LogP contribution in [0.2, 0.25) is 0 Å². The number of esters is 1. The van der Waals surface area contributed by atoms with Gasteiger partial charge in [0.25, 0.3) is 0 Å². The summed E-state index contributed by atoms with van der Waals surface area (Å²) < 4.78 is 34.7. The van der Waals surface area contributed by atoms with Crippen LogP contribution in [0.3, 0.4) is 0 Å². The third-order valence-electron chi connectivity index (χ3n) is 5.24. The summed E-state index contributed by atoms with van der Waals surface area (Å²) in [5, 5.41) is 0. The molecule has 0 amide bonds. The van der Waals surface area contributed by atoms with Crippen molar-refractivity contribution >= 4 is 17.7 Å². The second kappa shape index (κ2) is 12.8. The lowest BCUT2D eigenvalue weighted by atomic mass is 10.1. The molecule has 180 valence electrons. The van der Waals surface area contributed by atoms with E-state index in [4.69, 9.17) is 28.4 Å². The van der Waals surface area contributed by atoms with Crippen LogP contribution in [0.1, 0.15) is 25.0 Å². The summed E-state index contributed by atoms with van der Waals surface area (Å²) in [5.41, 5.74) is 1.66. The minimum absolute atomic E-state index is 0.319. The lowest BCUT2D eigenvalue weighted by Crippen LogP contribution is -2.55. The van der Waals surface area contributed by atoms with E-state index < -0.39 is 18.3 Å². The molecule has 0 aromatic heterocycles. The van der Waals surface area contributed by atoms with E-state index in [0.29, 0.717) is 19.8 Å². The summed E-state index contributed by atoms with van der Waals surface area (Å²) in [7, 11) is 3.27. The van der Waals surface area contributed by atoms with Gasteiger partial charge in [-0.25, -0.2) is 0 Å². The van der Waals surface area contributed by atoms with Gasteiger partial charge in [0.05, 0.1) is 34.0 Å². The van der Waals surface area contributed by atoms with Crippen LogP contribution >= 0.6 is 11.8 Å². The number of thioether (sulfide) groups is 1. The number of rotatable bonds is 11. The molecule has 0 aliphatic carbocycles. The second-order valence-electron chi connectivity index (χ2n) is 7.55. The van der Waals surface area contributed by atoms with E-state index in [1.165, 1.54) is 6.92 Å². The van der Waals surface area contributed by atoms with Crippen molar-refractivity contribution in [3.05, 3.63) is 59.7 Å². The van der Waals surface area contributed by atoms with Gasteiger partial charge in [0.15, 0.2) is 6.10 Å². The van der Waals surface area contributed by atoms with E-state index in [2.05, 4.69) is 0 Å². The smallest absolute Gasteiger partial charge is 0.303 e. The first-order valence-corrected chi connectivity index (χ1v) is 12.0. The Hall–Kier alpha value is -2.26. The third-order valence-corrected chi connectivity index (χ3v) is 6.31. The van der Waals surface area contributed by atoms with E-state index >= 15 is 0 Å². The van der Waals surface area contributed by atoms with Gasteiger partial charge >= 0.3 is 5.97 Å². The van der Waals surface area contributed by atoms with Gasteiger partial charge in [0.2, 0.25) is 0 Å². The van der Waals surface area contributed by atoms with E-state index in [0.717, 1.165) is 28.4 Å². The Morgan fingerprint density at radius 2 is 1.45 bits per heavy atom. The largest absolute Gasteiger partial charge is 0.497 e. The Morgan fingerprint density at radius 3 is 1.94 bits per heavy atom. The highest BCUT2D eigenvalue weighted by atomic mass is 32.2. The third kappa shape index (κ3) is 7.37. The Balaban J connectivity index is 1.74. The molecule has 0 unspecified atom stereocenters. The molecule has 0 radical (unpaired) electrons. The average molecular weight is 477 g/mol. The lowest BCUT2D eigenvalue weighted by Gasteiger charge is -2.41. The number of hydrogen-bond acceptors (Lipinski definition) is 8. The van der Waals surface area contributed by atoms with Crippen LogP contribution in [0.5, 0.6) is 11.5 Å². The van der Waals surface area contributed by atoms with Crippen molar-refractivity contribution in [2.45, 2.75) is 50.8 Å². The molecule has 1 saturated heterocycles. The fourth-order valence-corrected chi connectivity index (χ4v) is 4.46. The molecule has 33 heavy (non-hydrogen) atoms. The molecule has 8 heteroatoms. The Kier molecular flexibility index (Phi) is 9.87. The van der Waals surface area contributed by atoms with Gasteiger partial charge in [0, 0.05) is 6.92 Å². The zero-order valence-electron chi connectivity index (χ0n) is 19.5. The molecule has 0 saturated carbocycles. The molecule has 0 spiro atoms. The Bertz CT molecular complexity index is 856. The predicted octanol–water partition coefficient (Wildman–Crippen LogP) is 4.22. The number of methoxy groups -OCH3 is 2. The number of ether oxygens (including phenoxy) is 6. The van der Waals surface area contributed by atoms with Crippen molar-refractivity contribution in [2.24, 2.45) is 0 Å². The molecule has 1 aliphatic rings. The van der Waals surface area contributed by atoms with E-state index in [1.807, 2.05) is 55.5 Å². The summed E-state index contributed by atoms with van der Waals surface area (Å²) in [6, 6.07) is 15.4. The number of carbonyl (C=O) groups excluding carboxylic acids is 1. The Labute approximate surface area is 199 Å². The number of carbonyl (C=O) groups is 1. The second-order valence-corrected chi connectivity index (χ2v) is 8.93. The van der Waals surface area contributed by atoms with Crippen LogP contribution < -0.4 is 9.47 Å². The maximum absolute atomic E-state index is 11.9. The van der Waals surface area contributed by atoms with Gasteiger partial charge in [-0.05, 0) is 41.1 Å². The van der Waals surface area contributed by atoms with Crippen molar-refractivity contribution in [2.75, 3.05) is 26.6 Å². The lowest BCUT2D eigenvalue weighted by molar-refractivity contribution is -0.217. The minimum atomic E-state index is -0.583. The van der Waals surface area contributed by atoms with Crippen LogP contribution in [0.4, 0.5) is 0 Å². The summed E-state index contributed by atoms with van der Waals surface area (Å²) in [6.07, 6.45) is -1.46. The van der Waals surface area contributed by atoms with Gasteiger partial charge in [0.1, 0.15) is 29.1 Å². The zero-order valence-corrected chi connectivity index (χ0v) is 20.3. The van der Waals surface area contributed by atoms with Crippen LogP contribution in [-0.4, -0.2) is 56.3 Å². The van der Waals surface area contributed by atoms with Crippen molar-refractivity contribution in [1.29, 1.82) is 0 Å². The maximum atomic E-state index is 11.9. The van der Waals surface area contributed by atoms with Crippen LogP contribution in [0.15, 0.2) is 48.5 Å². The fraction of sp³-hybridized carbons (Fsp3) is 0.480. The molecular weight excluding hydrogens is 444 g/mol. The molecule has 1 aliphatic heterocycles. The molecule has 2 aromatic rings. The molecular formula is C25H32O7S. The maximum Gasteiger partial charge on any atom is 0.303 e. The summed E-state index contributed by atoms with van der Waals surface area (Å²) >= 11 is 1.59. The predicted molar refractivity (Wildman–Crippen MR) is 127 cm³/mol. The van der Waals surface area contributed by atoms with E-state index in [9.17, 15) is 4.79 Å². The summed E-state index contributed by atoms with van der Waals surface area (Å²) in [5.74, 6) is 2.02. The van der Waals surface area contributed by atoms with Crippen molar-refractivity contribution in [3.8, 4) is 11.5 Å². The highest BCUT2D eigenvalue weighted by molar-refractivity contribution is 7.99. The molecule has 0 bridgehead atoms. The van der Waals surface area contributed by atoms with Gasteiger partial charge in [-0.1, -0.05) is 31.2 Å². The van der Waals surface area contributed by atoms with Gasteiger partial charge in [-0.2, -0.15) is 0 Å². The van der Waals surface area contributed by atoms with Crippen molar-refractivity contribution in [1.82, 2.24) is 0 Å². The van der Waals surface area contributed by atoms with Gasteiger partial charge in [-0.3, -0.25) is 4.79 Å². The van der Waals surface area contributed by atoms with Crippen LogP contribution in [-0.2, 0) is 37.0 Å². The minimum Gasteiger partial charge on any atom is -0.497 e. The SMILES string of the molecule is CCS[C@@H]1OC[C@@H](OCc2ccc(OC)cc2)[C@H](OCc2ccc(OC)cc2)[C@H]1OC(C)=O. The van der Waals surface area contributed by atoms with E-state index in [-0.39, 0.29) is 11.4 Å². The molecule has 2 aromatic carbocycles. The average Bonchev–Trinajstić information content (AvgIpc) is 2.83. The quantitative estimate of drug-likeness (QED) is 0.447. The standard InChI is InChI=1S/C25H32O7S/c1-5-33-25-24(32-17(2)26)23(30-15-19-8-12-21(28-4)13-9-19)22(16-31-25)29-14-18-6-10-20(27-3)11-7-18/h6-13,22-25H,5,14-16H2,1-4H3/t22-,23+,24-,25+/m1/s1. The molecule has 4 atom stereocenters. The normalized spacial score (nSPS) is 22.5. The first-order chi connectivity index (χ1) is 16.0. The monoisotopic (exact) mass is 476 g/mol. The Morgan fingerprint density at radius 1 is 0.909 bits per heavy atom. The number of benzene rings is 2. The zero-order chi connectivity index (χ0) is 23.6. The topological polar surface area (TPSA) is 72.5 Å². The highest BCUT2D eigenvalue weighted by Gasteiger charge is 2.44. The molecule has 1 fully saturated rings. The highest BCUT2D eigenvalue weighted by Crippen LogP contribution is 2.31. The van der Waals surface area contributed by atoms with Crippen molar-refractivity contribution in [3.63, 3.8) is 0 Å². The summed E-state index contributed by atoms with van der Waals surface area (Å²) in [4.78, 5) is 11.9. The molecule has 0 N–H and O–H groups in total. The van der Waals surface area contributed by atoms with Crippen molar-refractivity contribution < 1.29 is 33.2 Å². The van der Waals surface area contributed by atoms with Crippen LogP contribution in [0, 0.1) is 0 Å². The first-order valence-electron chi connectivity index (χ1n) is 10.9. The number of hydrogen-bond donors (Lipinski definition) is 0. The fourth-order valence-electron chi connectivity index (χ4n) is 3.55. The first kappa shape index (κ1) is 25.4. The van der Waals surface area contributed by atoms with Gasteiger partial charge in [-0.15, -0.1) is 11.8 Å². The molecule has 7 nitrogen and oxygen atoms in total. The summed E-state index contributed by atoms with van der Waals surface area (Å²) in [6.45, 7) is 4.50.